The Balaban J connectivity index is 1.78. The Labute approximate surface area is 130 Å². The average molecular weight is 313 g/mol. The van der Waals surface area contributed by atoms with Crippen molar-refractivity contribution in [3.8, 4) is 17.2 Å². The molecule has 3 aromatic rings. The molecule has 2 aromatic carbocycles. The van der Waals surface area contributed by atoms with Crippen molar-refractivity contribution >= 4 is 11.6 Å². The number of carbonyl (C=O) groups excluding carboxylic acids is 1. The summed E-state index contributed by atoms with van der Waals surface area (Å²) in [7, 11) is 1.55. The van der Waals surface area contributed by atoms with Crippen LogP contribution in [0.5, 0.6) is 5.75 Å². The minimum Gasteiger partial charge on any atom is -0.497 e. The van der Waals surface area contributed by atoms with Crippen LogP contribution >= 0.6 is 0 Å². The highest BCUT2D eigenvalue weighted by atomic mass is 19.1. The third kappa shape index (κ3) is 3.34. The van der Waals surface area contributed by atoms with Crippen LogP contribution < -0.4 is 10.1 Å². The lowest BCUT2D eigenvalue weighted by Crippen LogP contribution is -2.12. The van der Waals surface area contributed by atoms with E-state index in [1.165, 1.54) is 24.3 Å². The lowest BCUT2D eigenvalue weighted by Gasteiger charge is -2.01. The third-order valence-electron chi connectivity index (χ3n) is 3.04. The molecular weight excluding hydrogens is 301 g/mol. The quantitative estimate of drug-likeness (QED) is 0.800. The highest BCUT2D eigenvalue weighted by molar-refractivity contribution is 6.00. The smallest absolute Gasteiger partial charge is 0.313 e. The molecule has 0 aliphatic heterocycles. The van der Waals surface area contributed by atoms with Gasteiger partial charge in [0.15, 0.2) is 0 Å². The topological polar surface area (TPSA) is 77.2 Å². The largest absolute Gasteiger partial charge is 0.497 e. The van der Waals surface area contributed by atoms with Crippen molar-refractivity contribution in [1.29, 1.82) is 0 Å². The lowest BCUT2D eigenvalue weighted by molar-refractivity contribution is 0.0991. The van der Waals surface area contributed by atoms with Gasteiger partial charge in [-0.15, -0.1) is 10.2 Å². The van der Waals surface area contributed by atoms with Gasteiger partial charge in [-0.05, 0) is 42.5 Å². The van der Waals surface area contributed by atoms with Gasteiger partial charge in [0.1, 0.15) is 11.6 Å². The highest BCUT2D eigenvalue weighted by Gasteiger charge is 2.16. The fourth-order valence-electron chi connectivity index (χ4n) is 1.91. The van der Waals surface area contributed by atoms with Crippen LogP contribution in [-0.2, 0) is 0 Å². The molecule has 0 fully saturated rings. The van der Waals surface area contributed by atoms with E-state index in [1.807, 2.05) is 0 Å². The molecule has 6 nitrogen and oxygen atoms in total. The van der Waals surface area contributed by atoms with Crippen LogP contribution in [0.4, 0.5) is 10.1 Å². The van der Waals surface area contributed by atoms with Crippen LogP contribution in [0.25, 0.3) is 11.5 Å². The summed E-state index contributed by atoms with van der Waals surface area (Å²) in [5.41, 5.74) is 1.07. The van der Waals surface area contributed by atoms with Crippen LogP contribution in [0, 0.1) is 5.82 Å². The molecule has 0 aliphatic carbocycles. The molecule has 0 aliphatic rings. The van der Waals surface area contributed by atoms with Crippen molar-refractivity contribution in [2.45, 2.75) is 0 Å². The standard InChI is InChI=1S/C16H12FN3O3/c1-22-13-4-2-3-10(9-13)15-19-20-16(23-15)14(21)18-12-7-5-11(17)6-8-12/h2-9H,1H3,(H,18,21). The Hall–Kier alpha value is -3.22. The summed E-state index contributed by atoms with van der Waals surface area (Å²) < 4.78 is 23.3. The number of carbonyl (C=O) groups is 1. The van der Waals surface area contributed by atoms with Gasteiger partial charge < -0.3 is 14.5 Å². The van der Waals surface area contributed by atoms with Gasteiger partial charge in [0, 0.05) is 11.3 Å². The minimum absolute atomic E-state index is 0.188. The van der Waals surface area contributed by atoms with Crippen molar-refractivity contribution in [1.82, 2.24) is 10.2 Å². The molecule has 23 heavy (non-hydrogen) atoms. The molecule has 1 amide bonds. The molecule has 0 bridgehead atoms. The number of benzene rings is 2. The van der Waals surface area contributed by atoms with Gasteiger partial charge >= 0.3 is 11.8 Å². The third-order valence-corrected chi connectivity index (χ3v) is 3.04. The summed E-state index contributed by atoms with van der Waals surface area (Å²) in [5.74, 6) is -0.308. The molecule has 0 unspecified atom stereocenters. The molecule has 0 saturated carbocycles. The number of ether oxygens (including phenoxy) is 1. The number of aromatic nitrogens is 2. The van der Waals surface area contributed by atoms with E-state index < -0.39 is 5.91 Å². The second-order valence-corrected chi connectivity index (χ2v) is 4.61. The Bertz CT molecular complexity index is 831. The summed E-state index contributed by atoms with van der Waals surface area (Å²) in [6, 6.07) is 12.4. The maximum Gasteiger partial charge on any atom is 0.313 e. The second-order valence-electron chi connectivity index (χ2n) is 4.61. The molecule has 116 valence electrons. The van der Waals surface area contributed by atoms with E-state index in [2.05, 4.69) is 15.5 Å². The maximum atomic E-state index is 12.8. The van der Waals surface area contributed by atoms with Gasteiger partial charge in [0.25, 0.3) is 0 Å². The monoisotopic (exact) mass is 313 g/mol. The molecule has 0 spiro atoms. The zero-order valence-corrected chi connectivity index (χ0v) is 12.1. The zero-order valence-electron chi connectivity index (χ0n) is 12.1. The fourth-order valence-corrected chi connectivity index (χ4v) is 1.91. The number of amides is 1. The summed E-state index contributed by atoms with van der Waals surface area (Å²) in [4.78, 5) is 12.0. The first-order chi connectivity index (χ1) is 11.2. The normalized spacial score (nSPS) is 10.3. The first-order valence-electron chi connectivity index (χ1n) is 6.70. The number of rotatable bonds is 4. The summed E-state index contributed by atoms with van der Waals surface area (Å²) in [5, 5.41) is 10.1. The molecular formula is C16H12FN3O3. The van der Waals surface area contributed by atoms with Crippen molar-refractivity contribution in [2.75, 3.05) is 12.4 Å². The number of nitrogens with one attached hydrogen (secondary N) is 1. The number of hydrogen-bond acceptors (Lipinski definition) is 5. The van der Waals surface area contributed by atoms with Gasteiger partial charge in [-0.3, -0.25) is 4.79 Å². The van der Waals surface area contributed by atoms with E-state index in [1.54, 1.807) is 31.4 Å². The summed E-state index contributed by atoms with van der Waals surface area (Å²) >= 11 is 0. The predicted molar refractivity (Wildman–Crippen MR) is 80.6 cm³/mol. The molecule has 0 radical (unpaired) electrons. The van der Waals surface area contributed by atoms with E-state index in [9.17, 15) is 9.18 Å². The van der Waals surface area contributed by atoms with Crippen LogP contribution in [0.1, 0.15) is 10.7 Å². The first kappa shape index (κ1) is 14.7. The van der Waals surface area contributed by atoms with Gasteiger partial charge in [0.2, 0.25) is 5.89 Å². The maximum absolute atomic E-state index is 12.8. The second kappa shape index (κ2) is 6.27. The highest BCUT2D eigenvalue weighted by Crippen LogP contribution is 2.22. The van der Waals surface area contributed by atoms with Gasteiger partial charge in [-0.2, -0.15) is 0 Å². The predicted octanol–water partition coefficient (Wildman–Crippen LogP) is 3.14. The zero-order chi connectivity index (χ0) is 16.2. The Morgan fingerprint density at radius 3 is 2.70 bits per heavy atom. The molecule has 1 aromatic heterocycles. The number of nitrogens with zero attached hydrogens (tertiary/aromatic N) is 2. The van der Waals surface area contributed by atoms with Crippen LogP contribution in [0.3, 0.4) is 0 Å². The molecule has 7 heteroatoms. The molecule has 3 rings (SSSR count). The van der Waals surface area contributed by atoms with Crippen LogP contribution in [0.2, 0.25) is 0 Å². The van der Waals surface area contributed by atoms with Crippen LogP contribution in [-0.4, -0.2) is 23.2 Å². The average Bonchev–Trinajstić information content (AvgIpc) is 3.07. The van der Waals surface area contributed by atoms with Crippen molar-refractivity contribution in [3.63, 3.8) is 0 Å². The SMILES string of the molecule is COc1cccc(-c2nnc(C(=O)Nc3ccc(F)cc3)o2)c1. The van der Waals surface area contributed by atoms with E-state index >= 15 is 0 Å². The summed E-state index contributed by atoms with van der Waals surface area (Å²) in [6.45, 7) is 0. The first-order valence-corrected chi connectivity index (χ1v) is 6.70. The van der Waals surface area contributed by atoms with Gasteiger partial charge in [-0.25, -0.2) is 4.39 Å². The molecule has 1 N–H and O–H groups in total. The fraction of sp³-hybridized carbons (Fsp3) is 0.0625. The Kier molecular flexibility index (Phi) is 4.01. The van der Waals surface area contributed by atoms with E-state index in [4.69, 9.17) is 9.15 Å². The minimum atomic E-state index is -0.571. The van der Waals surface area contributed by atoms with Gasteiger partial charge in [0.05, 0.1) is 7.11 Å². The van der Waals surface area contributed by atoms with Crippen molar-refractivity contribution in [2.24, 2.45) is 0 Å². The van der Waals surface area contributed by atoms with Crippen LogP contribution in [0.15, 0.2) is 52.9 Å². The number of hydrogen-bond donors (Lipinski definition) is 1. The van der Waals surface area contributed by atoms with E-state index in [0.717, 1.165) is 0 Å². The molecule has 1 heterocycles. The molecule has 0 saturated heterocycles. The van der Waals surface area contributed by atoms with E-state index in [0.29, 0.717) is 17.0 Å². The number of halogens is 1. The Morgan fingerprint density at radius 2 is 1.96 bits per heavy atom. The van der Waals surface area contributed by atoms with Crippen molar-refractivity contribution in [3.05, 3.63) is 60.2 Å². The number of anilines is 1. The van der Waals surface area contributed by atoms with E-state index in [-0.39, 0.29) is 17.6 Å². The van der Waals surface area contributed by atoms with Crippen molar-refractivity contribution < 1.29 is 18.3 Å². The molecule has 0 atom stereocenters. The lowest BCUT2D eigenvalue weighted by atomic mass is 10.2. The summed E-state index contributed by atoms with van der Waals surface area (Å²) in [6.07, 6.45) is 0. The van der Waals surface area contributed by atoms with Gasteiger partial charge in [-0.1, -0.05) is 6.07 Å². The Morgan fingerprint density at radius 1 is 1.17 bits per heavy atom. The number of methoxy groups -OCH3 is 1.